The summed E-state index contributed by atoms with van der Waals surface area (Å²) in [4.78, 5) is 23.1. The Morgan fingerprint density at radius 1 is 1.29 bits per heavy atom. The highest BCUT2D eigenvalue weighted by atomic mass is 19.4. The van der Waals surface area contributed by atoms with Gasteiger partial charge in [0.2, 0.25) is 0 Å². The monoisotopic (exact) mass is 344 g/mol. The Labute approximate surface area is 135 Å². The fraction of sp³-hybridized carbons (Fsp3) is 0.375. The van der Waals surface area contributed by atoms with Crippen molar-refractivity contribution in [3.8, 4) is 0 Å². The van der Waals surface area contributed by atoms with E-state index >= 15 is 0 Å². The number of aliphatic carboxylic acids is 1. The summed E-state index contributed by atoms with van der Waals surface area (Å²) < 4.78 is 48.2. The smallest absolute Gasteiger partial charge is 0.404 e. The van der Waals surface area contributed by atoms with Crippen LogP contribution in [-0.4, -0.2) is 30.3 Å². The first kappa shape index (κ1) is 17.8. The van der Waals surface area contributed by atoms with Gasteiger partial charge in [-0.2, -0.15) is 13.2 Å². The number of carbonyl (C=O) groups is 2. The molecule has 8 heteroatoms. The van der Waals surface area contributed by atoms with E-state index in [1.807, 2.05) is 0 Å². The molecule has 0 atom stereocenters. The molecule has 24 heavy (non-hydrogen) atoms. The van der Waals surface area contributed by atoms with Gasteiger partial charge in [0.15, 0.2) is 5.41 Å². The van der Waals surface area contributed by atoms with E-state index in [1.54, 1.807) is 12.1 Å². The Balaban J connectivity index is 2.19. The normalized spacial score (nSPS) is 16.4. The number of carbonyl (C=O) groups excluding carboxylic acids is 1. The molecule has 0 spiro atoms. The lowest BCUT2D eigenvalue weighted by atomic mass is 10.0. The zero-order valence-corrected chi connectivity index (χ0v) is 12.7. The summed E-state index contributed by atoms with van der Waals surface area (Å²) in [6.45, 7) is -0.457. The van der Waals surface area contributed by atoms with Crippen molar-refractivity contribution >= 4 is 17.5 Å². The standard InChI is InChI=1S/C16H15F3O5/c1-23-9-12(13(20)21)11-5-3-2-4-10(11)8-24-14(22)15(6-7-15)16(17,18)19/h2-5,9H,6-8H2,1H3,(H,20,21). The number of benzene rings is 1. The molecular weight excluding hydrogens is 329 g/mol. The van der Waals surface area contributed by atoms with Gasteiger partial charge in [-0.05, 0) is 24.0 Å². The first-order valence-corrected chi connectivity index (χ1v) is 7.01. The van der Waals surface area contributed by atoms with Crippen molar-refractivity contribution in [2.24, 2.45) is 5.41 Å². The predicted octanol–water partition coefficient (Wildman–Crippen LogP) is 3.14. The molecule has 130 valence electrons. The summed E-state index contributed by atoms with van der Waals surface area (Å²) in [5.41, 5.74) is -2.13. The van der Waals surface area contributed by atoms with Crippen molar-refractivity contribution in [3.63, 3.8) is 0 Å². The zero-order chi connectivity index (χ0) is 18.0. The molecule has 1 aromatic carbocycles. The molecule has 5 nitrogen and oxygen atoms in total. The van der Waals surface area contributed by atoms with Crippen LogP contribution in [0.4, 0.5) is 13.2 Å². The van der Waals surface area contributed by atoms with Crippen LogP contribution in [0.2, 0.25) is 0 Å². The van der Waals surface area contributed by atoms with Gasteiger partial charge in [0.05, 0.1) is 13.4 Å². The van der Waals surface area contributed by atoms with Crippen molar-refractivity contribution in [3.05, 3.63) is 41.7 Å². The van der Waals surface area contributed by atoms with Gasteiger partial charge < -0.3 is 14.6 Å². The molecule has 1 aliphatic carbocycles. The molecule has 0 radical (unpaired) electrons. The maximum atomic E-state index is 12.9. The highest BCUT2D eigenvalue weighted by Gasteiger charge is 2.69. The lowest BCUT2D eigenvalue weighted by molar-refractivity contribution is -0.207. The maximum Gasteiger partial charge on any atom is 0.404 e. The minimum absolute atomic E-state index is 0.193. The number of carboxylic acids is 1. The molecule has 0 saturated heterocycles. The average Bonchev–Trinajstić information content (AvgIpc) is 3.32. The van der Waals surface area contributed by atoms with Gasteiger partial charge >= 0.3 is 18.1 Å². The van der Waals surface area contributed by atoms with E-state index in [0.717, 1.165) is 6.26 Å². The first-order chi connectivity index (χ1) is 11.2. The van der Waals surface area contributed by atoms with Gasteiger partial charge in [0.25, 0.3) is 0 Å². The number of esters is 1. The number of ether oxygens (including phenoxy) is 2. The Hall–Kier alpha value is -2.51. The van der Waals surface area contributed by atoms with Crippen LogP contribution >= 0.6 is 0 Å². The van der Waals surface area contributed by atoms with Gasteiger partial charge in [-0.1, -0.05) is 24.3 Å². The molecule has 0 unspecified atom stereocenters. The SMILES string of the molecule is COC=C(C(=O)O)c1ccccc1COC(=O)C1(C(F)(F)F)CC1. The van der Waals surface area contributed by atoms with Crippen molar-refractivity contribution in [1.29, 1.82) is 0 Å². The lowest BCUT2D eigenvalue weighted by Crippen LogP contribution is -2.34. The van der Waals surface area contributed by atoms with Crippen molar-refractivity contribution in [2.45, 2.75) is 25.6 Å². The van der Waals surface area contributed by atoms with E-state index < -0.39 is 30.1 Å². The van der Waals surface area contributed by atoms with Crippen LogP contribution in [0.15, 0.2) is 30.5 Å². The van der Waals surface area contributed by atoms with Gasteiger partial charge in [-0.15, -0.1) is 0 Å². The Morgan fingerprint density at radius 3 is 2.42 bits per heavy atom. The van der Waals surface area contributed by atoms with Crippen LogP contribution in [0.5, 0.6) is 0 Å². The number of halogens is 3. The molecule has 1 N–H and O–H groups in total. The number of rotatable bonds is 6. The molecule has 1 aromatic rings. The summed E-state index contributed by atoms with van der Waals surface area (Å²) in [6.07, 6.45) is -4.23. The third-order valence-electron chi connectivity index (χ3n) is 3.82. The topological polar surface area (TPSA) is 72.8 Å². The summed E-state index contributed by atoms with van der Waals surface area (Å²) in [5, 5.41) is 9.20. The van der Waals surface area contributed by atoms with E-state index in [2.05, 4.69) is 0 Å². The zero-order valence-electron chi connectivity index (χ0n) is 12.7. The maximum absolute atomic E-state index is 12.9. The van der Waals surface area contributed by atoms with Crippen LogP contribution < -0.4 is 0 Å². The summed E-state index contributed by atoms with van der Waals surface area (Å²) in [6, 6.07) is 6.06. The van der Waals surface area contributed by atoms with E-state index in [0.29, 0.717) is 0 Å². The third-order valence-corrected chi connectivity index (χ3v) is 3.82. The molecule has 0 heterocycles. The summed E-state index contributed by atoms with van der Waals surface area (Å²) in [7, 11) is 1.27. The minimum Gasteiger partial charge on any atom is -0.503 e. The van der Waals surface area contributed by atoms with E-state index in [4.69, 9.17) is 9.47 Å². The molecule has 1 fully saturated rings. The van der Waals surface area contributed by atoms with Crippen molar-refractivity contribution < 1.29 is 37.3 Å². The molecule has 2 rings (SSSR count). The second-order valence-electron chi connectivity index (χ2n) is 5.39. The molecule has 1 aliphatic rings. The molecular formula is C16H15F3O5. The van der Waals surface area contributed by atoms with E-state index in [9.17, 15) is 27.9 Å². The Morgan fingerprint density at radius 2 is 1.92 bits per heavy atom. The number of hydrogen-bond acceptors (Lipinski definition) is 4. The third kappa shape index (κ3) is 3.37. The first-order valence-electron chi connectivity index (χ1n) is 7.01. The van der Waals surface area contributed by atoms with Crippen LogP contribution in [-0.2, 0) is 25.7 Å². The predicted molar refractivity (Wildman–Crippen MR) is 76.6 cm³/mol. The lowest BCUT2D eigenvalue weighted by Gasteiger charge is -2.18. The highest BCUT2D eigenvalue weighted by Crippen LogP contribution is 2.58. The molecule has 0 amide bonds. The number of alkyl halides is 3. The molecule has 1 saturated carbocycles. The van der Waals surface area contributed by atoms with Crippen LogP contribution in [0.3, 0.4) is 0 Å². The highest BCUT2D eigenvalue weighted by molar-refractivity contribution is 6.15. The van der Waals surface area contributed by atoms with Crippen LogP contribution in [0.1, 0.15) is 24.0 Å². The van der Waals surface area contributed by atoms with Gasteiger partial charge in [-0.25, -0.2) is 4.79 Å². The molecule has 0 aromatic heterocycles. The van der Waals surface area contributed by atoms with Crippen LogP contribution in [0, 0.1) is 5.41 Å². The van der Waals surface area contributed by atoms with Crippen molar-refractivity contribution in [2.75, 3.05) is 7.11 Å². The Kier molecular flexibility index (Phi) is 4.86. The quantitative estimate of drug-likeness (QED) is 0.488. The average molecular weight is 344 g/mol. The summed E-state index contributed by atoms with van der Waals surface area (Å²) >= 11 is 0. The second kappa shape index (κ2) is 6.54. The second-order valence-corrected chi connectivity index (χ2v) is 5.39. The fourth-order valence-electron chi connectivity index (χ4n) is 2.27. The number of methoxy groups -OCH3 is 1. The van der Waals surface area contributed by atoms with Crippen molar-refractivity contribution in [1.82, 2.24) is 0 Å². The van der Waals surface area contributed by atoms with Gasteiger partial charge in [0.1, 0.15) is 12.2 Å². The number of hydrogen-bond donors (Lipinski definition) is 1. The van der Waals surface area contributed by atoms with E-state index in [-0.39, 0.29) is 29.5 Å². The molecule has 0 aliphatic heterocycles. The summed E-state index contributed by atoms with van der Waals surface area (Å²) in [5.74, 6) is -2.61. The van der Waals surface area contributed by atoms with Gasteiger partial charge in [-0.3, -0.25) is 4.79 Å². The fourth-order valence-corrected chi connectivity index (χ4v) is 2.27. The van der Waals surface area contributed by atoms with Gasteiger partial charge in [0, 0.05) is 0 Å². The minimum atomic E-state index is -4.65. The number of carboxylic acid groups (broad SMARTS) is 1. The van der Waals surface area contributed by atoms with Crippen LogP contribution in [0.25, 0.3) is 5.57 Å². The molecule has 0 bridgehead atoms. The Bertz CT molecular complexity index is 675. The largest absolute Gasteiger partial charge is 0.503 e. The van der Waals surface area contributed by atoms with E-state index in [1.165, 1.54) is 19.2 Å².